The lowest BCUT2D eigenvalue weighted by atomic mass is 10.2. The summed E-state index contributed by atoms with van der Waals surface area (Å²) >= 11 is 0. The number of aromatic nitrogens is 3. The first-order chi connectivity index (χ1) is 14.0. The number of benzene rings is 2. The average molecular weight is 441 g/mol. The predicted molar refractivity (Wildman–Crippen MR) is 102 cm³/mol. The summed E-state index contributed by atoms with van der Waals surface area (Å²) in [6.07, 6.45) is 0. The molecule has 0 radical (unpaired) electrons. The second-order valence-corrected chi connectivity index (χ2v) is 7.62. The quantitative estimate of drug-likeness (QED) is 0.667. The Morgan fingerprint density at radius 3 is 2.20 bits per heavy atom. The zero-order valence-corrected chi connectivity index (χ0v) is 16.3. The number of halogens is 3. The van der Waals surface area contributed by atoms with E-state index in [0.717, 1.165) is 21.3 Å². The smallest absolute Gasteiger partial charge is 0.457 e. The largest absolute Gasteiger partial charge is 0.475 e. The van der Waals surface area contributed by atoms with Gasteiger partial charge in [-0.25, -0.2) is 27.7 Å². The Kier molecular flexibility index (Phi) is 5.53. The maximum Gasteiger partial charge on any atom is 0.475 e. The van der Waals surface area contributed by atoms with Crippen molar-refractivity contribution < 1.29 is 22.1 Å². The maximum atomic E-state index is 12.5. The molecule has 0 spiro atoms. The highest BCUT2D eigenvalue weighted by atomic mass is 32.2. The van der Waals surface area contributed by atoms with Gasteiger partial charge in [0.1, 0.15) is 11.5 Å². The Hall–Kier alpha value is -3.41. The Labute approximate surface area is 168 Å². The molecule has 3 rings (SSSR count). The molecule has 0 aliphatic rings. The van der Waals surface area contributed by atoms with E-state index in [0.29, 0.717) is 11.3 Å². The molecule has 0 fully saturated rings. The summed E-state index contributed by atoms with van der Waals surface area (Å²) in [7, 11) is -1.92. The van der Waals surface area contributed by atoms with Crippen LogP contribution in [-0.2, 0) is 17.8 Å². The Balaban J connectivity index is 1.90. The molecule has 0 amide bonds. The van der Waals surface area contributed by atoms with Crippen LogP contribution < -0.4 is 21.8 Å². The van der Waals surface area contributed by atoms with Crippen LogP contribution in [-0.4, -0.2) is 23.8 Å². The van der Waals surface area contributed by atoms with E-state index in [4.69, 9.17) is 4.74 Å². The van der Waals surface area contributed by atoms with Crippen molar-refractivity contribution in [2.24, 2.45) is 7.05 Å². The van der Waals surface area contributed by atoms with Gasteiger partial charge in [-0.05, 0) is 55.0 Å². The first kappa shape index (κ1) is 21.3. The van der Waals surface area contributed by atoms with E-state index in [-0.39, 0.29) is 11.4 Å². The summed E-state index contributed by atoms with van der Waals surface area (Å²) in [6, 6.07) is 8.94. The Bertz CT molecular complexity index is 1310. The summed E-state index contributed by atoms with van der Waals surface area (Å²) in [5, 5.41) is 0. The molecule has 30 heavy (non-hydrogen) atoms. The molecule has 1 atom stereocenters. The lowest BCUT2D eigenvalue weighted by Crippen LogP contribution is -2.47. The number of hydrogen-bond acceptors (Lipinski definition) is 5. The van der Waals surface area contributed by atoms with E-state index in [1.54, 1.807) is 6.92 Å². The van der Waals surface area contributed by atoms with Crippen LogP contribution in [0.5, 0.6) is 11.5 Å². The molecule has 1 aromatic heterocycles. The van der Waals surface area contributed by atoms with Crippen LogP contribution in [0.25, 0.3) is 5.69 Å². The summed E-state index contributed by atoms with van der Waals surface area (Å²) in [5.41, 5.74) is -6.72. The molecule has 1 N–H and O–H groups in total. The summed E-state index contributed by atoms with van der Waals surface area (Å²) < 4.78 is 56.0. The van der Waals surface area contributed by atoms with Crippen LogP contribution in [0.2, 0.25) is 0 Å². The van der Waals surface area contributed by atoms with Gasteiger partial charge in [0.2, 0.25) is 0 Å². The molecular formula is C18H14F3N3O5S. The normalized spacial score (nSPS) is 12.6. The van der Waals surface area contributed by atoms with Crippen molar-refractivity contribution >= 4 is 10.8 Å². The van der Waals surface area contributed by atoms with Gasteiger partial charge in [-0.2, -0.15) is 13.2 Å². The van der Waals surface area contributed by atoms with Gasteiger partial charge in [-0.3, -0.25) is 4.98 Å². The Morgan fingerprint density at radius 1 is 1.00 bits per heavy atom. The number of aromatic amines is 1. The Morgan fingerprint density at radius 2 is 1.63 bits per heavy atom. The first-order valence-corrected chi connectivity index (χ1v) is 9.44. The molecule has 0 unspecified atom stereocenters. The SMILES string of the molecule is Cc1cc(-n2c(=O)[nH]c(=O)n(C)c2=O)ccc1Oc1ccc([S@](=O)C(F)(F)F)cc1. The summed E-state index contributed by atoms with van der Waals surface area (Å²) in [5.74, 6) is 0.517. The zero-order chi connectivity index (χ0) is 22.2. The number of ether oxygens (including phenoxy) is 1. The van der Waals surface area contributed by atoms with E-state index in [9.17, 15) is 31.8 Å². The van der Waals surface area contributed by atoms with Crippen LogP contribution >= 0.6 is 0 Å². The van der Waals surface area contributed by atoms with Gasteiger partial charge in [-0.15, -0.1) is 0 Å². The second kappa shape index (κ2) is 7.78. The van der Waals surface area contributed by atoms with Crippen molar-refractivity contribution in [2.45, 2.75) is 17.3 Å². The van der Waals surface area contributed by atoms with Gasteiger partial charge in [0.15, 0.2) is 10.8 Å². The van der Waals surface area contributed by atoms with Gasteiger partial charge in [0.05, 0.1) is 5.69 Å². The van der Waals surface area contributed by atoms with Crippen molar-refractivity contribution in [3.63, 3.8) is 0 Å². The molecule has 0 aliphatic heterocycles. The highest BCUT2D eigenvalue weighted by Crippen LogP contribution is 2.30. The van der Waals surface area contributed by atoms with E-state index in [1.165, 1.54) is 37.4 Å². The minimum absolute atomic E-state index is 0.192. The maximum absolute atomic E-state index is 12.5. The fraction of sp³-hybridized carbons (Fsp3) is 0.167. The zero-order valence-electron chi connectivity index (χ0n) is 15.5. The molecule has 0 aliphatic carbocycles. The van der Waals surface area contributed by atoms with E-state index >= 15 is 0 Å². The van der Waals surface area contributed by atoms with Crippen LogP contribution in [0.3, 0.4) is 0 Å². The van der Waals surface area contributed by atoms with E-state index < -0.39 is 38.3 Å². The fourth-order valence-corrected chi connectivity index (χ4v) is 3.21. The van der Waals surface area contributed by atoms with Crippen molar-refractivity contribution in [3.8, 4) is 17.2 Å². The summed E-state index contributed by atoms with van der Waals surface area (Å²) in [6.45, 7) is 1.63. The van der Waals surface area contributed by atoms with Crippen LogP contribution in [0.15, 0.2) is 61.7 Å². The lowest BCUT2D eigenvalue weighted by Gasteiger charge is -2.12. The third-order valence-electron chi connectivity index (χ3n) is 4.09. The molecule has 0 bridgehead atoms. The van der Waals surface area contributed by atoms with Crippen molar-refractivity contribution in [3.05, 3.63) is 79.5 Å². The molecule has 1 heterocycles. The average Bonchev–Trinajstić information content (AvgIpc) is 2.67. The number of H-pyrrole nitrogens is 1. The van der Waals surface area contributed by atoms with E-state index in [2.05, 4.69) is 0 Å². The molecule has 2 aromatic carbocycles. The molecule has 158 valence electrons. The monoisotopic (exact) mass is 441 g/mol. The number of hydrogen-bond donors (Lipinski definition) is 1. The van der Waals surface area contributed by atoms with Crippen molar-refractivity contribution in [1.29, 1.82) is 0 Å². The number of rotatable bonds is 4. The molecule has 0 saturated heterocycles. The fourth-order valence-electron chi connectivity index (χ4n) is 2.56. The molecule has 3 aromatic rings. The van der Waals surface area contributed by atoms with Crippen LogP contribution in [0.1, 0.15) is 5.56 Å². The van der Waals surface area contributed by atoms with Gasteiger partial charge in [-0.1, -0.05) is 0 Å². The summed E-state index contributed by atoms with van der Waals surface area (Å²) in [4.78, 5) is 37.3. The minimum atomic E-state index is -4.86. The van der Waals surface area contributed by atoms with Gasteiger partial charge in [0, 0.05) is 11.9 Å². The third-order valence-corrected chi connectivity index (χ3v) is 5.21. The second-order valence-electron chi connectivity index (χ2n) is 6.15. The standard InChI is InChI=1S/C18H14F3N3O5S/c1-10-9-11(24-16(26)22-15(25)23(2)17(24)27)3-8-14(10)29-12-4-6-13(7-5-12)30(28)18(19,20)21/h3-9H,1-2H3,(H,22,25,26)/t30-/m0/s1. The van der Waals surface area contributed by atoms with Crippen molar-refractivity contribution in [1.82, 2.24) is 14.1 Å². The van der Waals surface area contributed by atoms with Gasteiger partial charge < -0.3 is 4.74 Å². The number of alkyl halides is 3. The molecular weight excluding hydrogens is 427 g/mol. The molecule has 12 heteroatoms. The van der Waals surface area contributed by atoms with Crippen molar-refractivity contribution in [2.75, 3.05) is 0 Å². The third kappa shape index (κ3) is 4.13. The topological polar surface area (TPSA) is 103 Å². The molecule has 0 saturated carbocycles. The number of aryl methyl sites for hydroxylation is 1. The minimum Gasteiger partial charge on any atom is -0.457 e. The number of nitrogens with zero attached hydrogens (tertiary/aromatic N) is 2. The lowest BCUT2D eigenvalue weighted by molar-refractivity contribution is -0.0384. The number of nitrogens with one attached hydrogen (secondary N) is 1. The highest BCUT2D eigenvalue weighted by Gasteiger charge is 2.37. The van der Waals surface area contributed by atoms with Crippen LogP contribution in [0, 0.1) is 6.92 Å². The first-order valence-electron chi connectivity index (χ1n) is 8.29. The van der Waals surface area contributed by atoms with Gasteiger partial charge in [0.25, 0.3) is 0 Å². The van der Waals surface area contributed by atoms with Crippen LogP contribution in [0.4, 0.5) is 13.2 Å². The van der Waals surface area contributed by atoms with Gasteiger partial charge >= 0.3 is 22.6 Å². The highest BCUT2D eigenvalue weighted by molar-refractivity contribution is 7.86. The van der Waals surface area contributed by atoms with E-state index in [1.807, 2.05) is 4.98 Å². The predicted octanol–water partition coefficient (Wildman–Crippen LogP) is 1.95. The molecule has 8 nitrogen and oxygen atoms in total.